The summed E-state index contributed by atoms with van der Waals surface area (Å²) in [5.74, 6) is -0.114. The van der Waals surface area contributed by atoms with Crippen molar-refractivity contribution in [3.8, 4) is 5.75 Å². The van der Waals surface area contributed by atoms with Crippen LogP contribution in [0.3, 0.4) is 0 Å². The lowest BCUT2D eigenvalue weighted by Crippen LogP contribution is -2.15. The molecule has 98 valence electrons. The minimum absolute atomic E-state index is 0.151. The van der Waals surface area contributed by atoms with E-state index in [1.54, 1.807) is 39.0 Å². The zero-order valence-electron chi connectivity index (χ0n) is 11.1. The topological polar surface area (TPSA) is 75.1 Å². The predicted octanol–water partition coefficient (Wildman–Crippen LogP) is 2.36. The SMILES string of the molecule is Cc1cc(C(=O)Nc2ccc(C)c(O)c2)c(C)nn1. The number of phenolic OH excluding ortho intramolecular Hbond substituents is 1. The van der Waals surface area contributed by atoms with Crippen LogP contribution in [0.1, 0.15) is 27.3 Å². The van der Waals surface area contributed by atoms with Crippen molar-refractivity contribution in [3.63, 3.8) is 0 Å². The minimum atomic E-state index is -0.265. The Kier molecular flexibility index (Phi) is 3.46. The molecular weight excluding hydrogens is 242 g/mol. The van der Waals surface area contributed by atoms with Gasteiger partial charge >= 0.3 is 0 Å². The van der Waals surface area contributed by atoms with Crippen molar-refractivity contribution in [2.24, 2.45) is 0 Å². The number of carbonyl (C=O) groups excluding carboxylic acids is 1. The zero-order chi connectivity index (χ0) is 14.0. The second kappa shape index (κ2) is 5.06. The van der Waals surface area contributed by atoms with Gasteiger partial charge in [-0.15, -0.1) is 0 Å². The Morgan fingerprint density at radius 2 is 1.89 bits per heavy atom. The van der Waals surface area contributed by atoms with Crippen LogP contribution in [0.4, 0.5) is 5.69 Å². The third kappa shape index (κ3) is 2.88. The number of nitrogens with zero attached hydrogens (tertiary/aromatic N) is 2. The van der Waals surface area contributed by atoms with Crippen LogP contribution in [-0.4, -0.2) is 21.2 Å². The van der Waals surface area contributed by atoms with E-state index in [1.807, 2.05) is 0 Å². The fraction of sp³-hybridized carbons (Fsp3) is 0.214. The largest absolute Gasteiger partial charge is 0.508 e. The van der Waals surface area contributed by atoms with Crippen molar-refractivity contribution in [2.45, 2.75) is 20.8 Å². The molecule has 0 saturated heterocycles. The molecule has 0 spiro atoms. The van der Waals surface area contributed by atoms with E-state index in [1.165, 1.54) is 6.07 Å². The summed E-state index contributed by atoms with van der Waals surface area (Å²) in [6.45, 7) is 5.30. The van der Waals surface area contributed by atoms with Crippen molar-refractivity contribution in [3.05, 3.63) is 46.8 Å². The van der Waals surface area contributed by atoms with E-state index < -0.39 is 0 Å². The smallest absolute Gasteiger partial charge is 0.257 e. The number of amides is 1. The van der Waals surface area contributed by atoms with E-state index in [-0.39, 0.29) is 11.7 Å². The Morgan fingerprint density at radius 1 is 1.16 bits per heavy atom. The summed E-state index contributed by atoms with van der Waals surface area (Å²) < 4.78 is 0. The van der Waals surface area contributed by atoms with Gasteiger partial charge in [0.15, 0.2) is 0 Å². The molecular formula is C14H15N3O2. The van der Waals surface area contributed by atoms with Crippen LogP contribution in [-0.2, 0) is 0 Å². The van der Waals surface area contributed by atoms with Gasteiger partial charge in [-0.3, -0.25) is 4.79 Å². The fourth-order valence-corrected chi connectivity index (χ4v) is 1.67. The maximum absolute atomic E-state index is 12.1. The number of anilines is 1. The van der Waals surface area contributed by atoms with Gasteiger partial charge in [-0.05, 0) is 38.5 Å². The zero-order valence-corrected chi connectivity index (χ0v) is 11.1. The second-order valence-corrected chi connectivity index (χ2v) is 4.44. The molecule has 5 heteroatoms. The lowest BCUT2D eigenvalue weighted by atomic mass is 10.1. The number of aryl methyl sites for hydroxylation is 3. The fourth-order valence-electron chi connectivity index (χ4n) is 1.67. The lowest BCUT2D eigenvalue weighted by Gasteiger charge is -2.08. The average molecular weight is 257 g/mol. The van der Waals surface area contributed by atoms with Gasteiger partial charge in [-0.1, -0.05) is 6.07 Å². The van der Waals surface area contributed by atoms with Crippen LogP contribution < -0.4 is 5.32 Å². The molecule has 1 heterocycles. The highest BCUT2D eigenvalue weighted by atomic mass is 16.3. The van der Waals surface area contributed by atoms with E-state index in [0.29, 0.717) is 22.6 Å². The molecule has 0 aliphatic carbocycles. The van der Waals surface area contributed by atoms with Crippen LogP contribution in [0.2, 0.25) is 0 Å². The molecule has 0 unspecified atom stereocenters. The van der Waals surface area contributed by atoms with Gasteiger partial charge in [-0.2, -0.15) is 10.2 Å². The Bertz CT molecular complexity index is 639. The summed E-state index contributed by atoms with van der Waals surface area (Å²) in [7, 11) is 0. The molecule has 0 aliphatic rings. The summed E-state index contributed by atoms with van der Waals surface area (Å²) in [6, 6.07) is 6.69. The standard InChI is InChI=1S/C14H15N3O2/c1-8-4-5-11(7-13(8)18)15-14(19)12-6-9(2)16-17-10(12)3/h4-7,18H,1-3H3,(H,15,19). The highest BCUT2D eigenvalue weighted by Gasteiger charge is 2.11. The van der Waals surface area contributed by atoms with Gasteiger partial charge in [-0.25, -0.2) is 0 Å². The first-order chi connectivity index (χ1) is 8.97. The maximum atomic E-state index is 12.1. The van der Waals surface area contributed by atoms with Crippen LogP contribution >= 0.6 is 0 Å². The van der Waals surface area contributed by atoms with Gasteiger partial charge in [0.2, 0.25) is 0 Å². The van der Waals surface area contributed by atoms with Crippen molar-refractivity contribution >= 4 is 11.6 Å². The number of hydrogen-bond donors (Lipinski definition) is 2. The molecule has 5 nitrogen and oxygen atoms in total. The molecule has 0 radical (unpaired) electrons. The number of hydrogen-bond acceptors (Lipinski definition) is 4. The van der Waals surface area contributed by atoms with Crippen LogP contribution in [0.5, 0.6) is 5.75 Å². The third-order valence-electron chi connectivity index (χ3n) is 2.81. The van der Waals surface area contributed by atoms with Crippen LogP contribution in [0, 0.1) is 20.8 Å². The molecule has 2 rings (SSSR count). The molecule has 0 atom stereocenters. The summed E-state index contributed by atoms with van der Waals surface area (Å²) in [6.07, 6.45) is 0. The monoisotopic (exact) mass is 257 g/mol. The Hall–Kier alpha value is -2.43. The number of aromatic hydroxyl groups is 1. The van der Waals surface area contributed by atoms with Gasteiger partial charge in [0.05, 0.1) is 17.0 Å². The predicted molar refractivity (Wildman–Crippen MR) is 72.3 cm³/mol. The summed E-state index contributed by atoms with van der Waals surface area (Å²) in [5.41, 5.74) is 3.03. The average Bonchev–Trinajstić information content (AvgIpc) is 2.36. The Balaban J connectivity index is 2.25. The molecule has 1 aromatic carbocycles. The van der Waals surface area contributed by atoms with E-state index in [2.05, 4.69) is 15.5 Å². The highest BCUT2D eigenvalue weighted by Crippen LogP contribution is 2.21. The van der Waals surface area contributed by atoms with Crippen molar-refractivity contribution in [1.82, 2.24) is 10.2 Å². The van der Waals surface area contributed by atoms with E-state index in [9.17, 15) is 9.90 Å². The summed E-state index contributed by atoms with van der Waals surface area (Å²) in [4.78, 5) is 12.1. The normalized spacial score (nSPS) is 10.3. The number of aromatic nitrogens is 2. The van der Waals surface area contributed by atoms with Crippen molar-refractivity contribution in [2.75, 3.05) is 5.32 Å². The highest BCUT2D eigenvalue weighted by molar-refractivity contribution is 6.05. The van der Waals surface area contributed by atoms with Crippen molar-refractivity contribution in [1.29, 1.82) is 0 Å². The van der Waals surface area contributed by atoms with Gasteiger partial charge in [0.1, 0.15) is 5.75 Å². The third-order valence-corrected chi connectivity index (χ3v) is 2.81. The van der Waals surface area contributed by atoms with E-state index in [0.717, 1.165) is 5.56 Å². The number of rotatable bonds is 2. The Labute approximate surface area is 111 Å². The molecule has 0 saturated carbocycles. The molecule has 0 bridgehead atoms. The second-order valence-electron chi connectivity index (χ2n) is 4.44. The lowest BCUT2D eigenvalue weighted by molar-refractivity contribution is 0.102. The first-order valence-electron chi connectivity index (χ1n) is 5.89. The van der Waals surface area contributed by atoms with Gasteiger partial charge in [0, 0.05) is 11.8 Å². The quantitative estimate of drug-likeness (QED) is 0.866. The maximum Gasteiger partial charge on any atom is 0.257 e. The van der Waals surface area contributed by atoms with E-state index >= 15 is 0 Å². The van der Waals surface area contributed by atoms with Crippen LogP contribution in [0.25, 0.3) is 0 Å². The number of nitrogens with one attached hydrogen (secondary N) is 1. The van der Waals surface area contributed by atoms with E-state index in [4.69, 9.17) is 0 Å². The Morgan fingerprint density at radius 3 is 2.58 bits per heavy atom. The minimum Gasteiger partial charge on any atom is -0.508 e. The van der Waals surface area contributed by atoms with Crippen molar-refractivity contribution < 1.29 is 9.90 Å². The first-order valence-corrected chi connectivity index (χ1v) is 5.89. The molecule has 1 amide bonds. The molecule has 19 heavy (non-hydrogen) atoms. The molecule has 2 aromatic rings. The van der Waals surface area contributed by atoms with Gasteiger partial charge < -0.3 is 10.4 Å². The first kappa shape index (κ1) is 13.0. The number of carbonyl (C=O) groups is 1. The molecule has 0 fully saturated rings. The number of phenols is 1. The summed E-state index contributed by atoms with van der Waals surface area (Å²) >= 11 is 0. The van der Waals surface area contributed by atoms with Crippen LogP contribution in [0.15, 0.2) is 24.3 Å². The summed E-state index contributed by atoms with van der Waals surface area (Å²) in [5, 5.41) is 20.1. The molecule has 0 aliphatic heterocycles. The van der Waals surface area contributed by atoms with Gasteiger partial charge in [0.25, 0.3) is 5.91 Å². The number of benzene rings is 1. The molecule has 2 N–H and O–H groups in total. The molecule has 1 aromatic heterocycles.